The summed E-state index contributed by atoms with van der Waals surface area (Å²) in [5.41, 5.74) is 0.970. The third-order valence-corrected chi connectivity index (χ3v) is 3.67. The number of unbranched alkanes of at least 4 members (excludes halogenated alkanes) is 1. The highest BCUT2D eigenvalue weighted by atomic mass is 19.1. The Hall–Kier alpha value is -2.43. The minimum Gasteiger partial charge on any atom is -0.427 e. The van der Waals surface area contributed by atoms with E-state index in [0.29, 0.717) is 12.8 Å². The summed E-state index contributed by atoms with van der Waals surface area (Å²) in [4.78, 5) is 16.5. The Morgan fingerprint density at radius 2 is 2.13 bits per heavy atom. The number of rotatable bonds is 6. The summed E-state index contributed by atoms with van der Waals surface area (Å²) in [5, 5.41) is 9.66. The van der Waals surface area contributed by atoms with Gasteiger partial charge in [0.15, 0.2) is 5.49 Å². The summed E-state index contributed by atoms with van der Waals surface area (Å²) in [5.74, 6) is -0.925. The third-order valence-electron chi connectivity index (χ3n) is 3.67. The van der Waals surface area contributed by atoms with Crippen LogP contribution in [-0.2, 0) is 11.2 Å². The first kappa shape index (κ1) is 16.9. The van der Waals surface area contributed by atoms with E-state index in [1.165, 1.54) is 18.3 Å². The Bertz CT molecular complexity index is 725. The number of pyridine rings is 1. The van der Waals surface area contributed by atoms with Crippen molar-refractivity contribution >= 4 is 5.91 Å². The lowest BCUT2D eigenvalue weighted by Crippen LogP contribution is -2.23. The molecule has 4 nitrogen and oxygen atoms in total. The van der Waals surface area contributed by atoms with E-state index in [4.69, 9.17) is 0 Å². The van der Waals surface area contributed by atoms with Crippen LogP contribution in [0.2, 0.25) is 0 Å². The van der Waals surface area contributed by atoms with Crippen LogP contribution in [0.5, 0.6) is 0 Å². The fourth-order valence-electron chi connectivity index (χ4n) is 2.43. The highest BCUT2D eigenvalue weighted by Gasteiger charge is 2.18. The molecule has 0 radical (unpaired) electrons. The van der Waals surface area contributed by atoms with Gasteiger partial charge in [0.05, 0.1) is 0 Å². The molecule has 0 spiro atoms. The molecular weight excluding hydrogens is 295 g/mol. The van der Waals surface area contributed by atoms with Gasteiger partial charge in [0.1, 0.15) is 5.82 Å². The molecule has 0 aliphatic rings. The first-order chi connectivity index (χ1) is 11.1. The maximum absolute atomic E-state index is 13.3. The average molecular weight is 316 g/mol. The third kappa shape index (κ3) is 5.06. The van der Waals surface area contributed by atoms with E-state index in [-0.39, 0.29) is 23.1 Å². The van der Waals surface area contributed by atoms with Crippen LogP contribution < -0.4 is 5.49 Å². The molecule has 1 unspecified atom stereocenters. The van der Waals surface area contributed by atoms with Gasteiger partial charge >= 0.3 is 0 Å². The maximum atomic E-state index is 13.3. The molecule has 2 aromatic rings. The smallest absolute Gasteiger partial charge is 0.251 e. The molecule has 23 heavy (non-hydrogen) atoms. The van der Waals surface area contributed by atoms with Gasteiger partial charge < -0.3 is 5.21 Å². The van der Waals surface area contributed by atoms with E-state index in [1.807, 2.05) is 6.07 Å². The quantitative estimate of drug-likeness (QED) is 0.831. The Morgan fingerprint density at radius 1 is 1.30 bits per heavy atom. The van der Waals surface area contributed by atoms with Crippen LogP contribution in [0.15, 0.2) is 53.7 Å². The second-order valence-electron chi connectivity index (χ2n) is 5.53. The molecule has 1 aromatic heterocycles. The fraction of sp³-hybridized carbons (Fsp3) is 0.333. The molecule has 1 amide bonds. The van der Waals surface area contributed by atoms with Gasteiger partial charge in [0.2, 0.25) is 0 Å². The predicted molar refractivity (Wildman–Crippen MR) is 85.3 cm³/mol. The van der Waals surface area contributed by atoms with Crippen molar-refractivity contribution < 1.29 is 14.4 Å². The standard InChI is InChI=1S/C18H21FN2O2/c1-2-3-8-15(12-14-7-6-9-16(19)13-14)18(22)20-17-10-4-5-11-21(17)23/h4-7,9-11,13,15,23H,2-3,8,12H2,1H3. The van der Waals surface area contributed by atoms with Gasteiger partial charge in [-0.05, 0) is 42.7 Å². The van der Waals surface area contributed by atoms with Crippen LogP contribution >= 0.6 is 0 Å². The summed E-state index contributed by atoms with van der Waals surface area (Å²) in [6.45, 7) is 2.06. The molecule has 1 aromatic carbocycles. The number of hydrogen-bond acceptors (Lipinski definition) is 2. The summed E-state index contributed by atoms with van der Waals surface area (Å²) in [7, 11) is 0. The molecule has 0 aliphatic carbocycles. The molecule has 5 heteroatoms. The van der Waals surface area contributed by atoms with Gasteiger partial charge in [-0.3, -0.25) is 4.79 Å². The molecule has 0 saturated carbocycles. The van der Waals surface area contributed by atoms with E-state index in [0.717, 1.165) is 23.1 Å². The second kappa shape index (κ2) is 8.27. The number of hydrogen-bond donors (Lipinski definition) is 1. The monoisotopic (exact) mass is 316 g/mol. The summed E-state index contributed by atoms with van der Waals surface area (Å²) < 4.78 is 14.1. The number of halogens is 1. The van der Waals surface area contributed by atoms with Gasteiger partial charge in [-0.15, -0.1) is 0 Å². The van der Waals surface area contributed by atoms with Crippen molar-refractivity contribution in [2.45, 2.75) is 32.6 Å². The van der Waals surface area contributed by atoms with Crippen LogP contribution in [0.1, 0.15) is 31.7 Å². The van der Waals surface area contributed by atoms with Crippen LogP contribution in [0.4, 0.5) is 4.39 Å². The topological polar surface area (TPSA) is 54.6 Å². The lowest BCUT2D eigenvalue weighted by atomic mass is 9.93. The molecule has 0 aliphatic heterocycles. The SMILES string of the molecule is CCCCC(Cc1cccc(F)c1)C(=O)N=c1ccccn1O. The summed E-state index contributed by atoms with van der Waals surface area (Å²) in [6, 6.07) is 11.2. The number of carbonyl (C=O) groups is 1. The van der Waals surface area contributed by atoms with E-state index in [9.17, 15) is 14.4 Å². The number of amides is 1. The van der Waals surface area contributed by atoms with Crippen molar-refractivity contribution in [3.8, 4) is 0 Å². The predicted octanol–water partition coefficient (Wildman–Crippen LogP) is 3.34. The van der Waals surface area contributed by atoms with Crippen LogP contribution in [-0.4, -0.2) is 15.8 Å². The van der Waals surface area contributed by atoms with Gasteiger partial charge in [-0.2, -0.15) is 9.72 Å². The zero-order chi connectivity index (χ0) is 16.7. The molecular formula is C18H21FN2O2. The Kier molecular flexibility index (Phi) is 6.09. The van der Waals surface area contributed by atoms with Gasteiger partial charge in [-0.1, -0.05) is 38.0 Å². The Balaban J connectivity index is 2.22. The summed E-state index contributed by atoms with van der Waals surface area (Å²) >= 11 is 0. The number of benzene rings is 1. The van der Waals surface area contributed by atoms with Crippen molar-refractivity contribution in [3.63, 3.8) is 0 Å². The second-order valence-corrected chi connectivity index (χ2v) is 5.53. The molecule has 1 N–H and O–H groups in total. The Morgan fingerprint density at radius 3 is 2.83 bits per heavy atom. The minimum atomic E-state index is -0.322. The number of aromatic nitrogens is 1. The van der Waals surface area contributed by atoms with E-state index in [2.05, 4.69) is 11.9 Å². The fourth-order valence-corrected chi connectivity index (χ4v) is 2.43. The molecule has 1 atom stereocenters. The van der Waals surface area contributed by atoms with E-state index >= 15 is 0 Å². The molecule has 122 valence electrons. The zero-order valence-electron chi connectivity index (χ0n) is 13.2. The largest absolute Gasteiger partial charge is 0.427 e. The Labute approximate surface area is 134 Å². The van der Waals surface area contributed by atoms with Crippen LogP contribution in [0, 0.1) is 11.7 Å². The molecule has 2 rings (SSSR count). The van der Waals surface area contributed by atoms with Crippen molar-refractivity contribution in [2.24, 2.45) is 10.9 Å². The molecule has 0 saturated heterocycles. The minimum absolute atomic E-state index is 0.193. The highest BCUT2D eigenvalue weighted by Crippen LogP contribution is 2.17. The maximum Gasteiger partial charge on any atom is 0.251 e. The van der Waals surface area contributed by atoms with Crippen molar-refractivity contribution in [1.29, 1.82) is 0 Å². The molecule has 0 fully saturated rings. The lowest BCUT2D eigenvalue weighted by Gasteiger charge is -2.13. The van der Waals surface area contributed by atoms with Crippen molar-refractivity contribution in [3.05, 3.63) is 65.5 Å². The summed E-state index contributed by atoms with van der Waals surface area (Å²) in [6.07, 6.45) is 4.42. The molecule has 0 bridgehead atoms. The molecule has 1 heterocycles. The van der Waals surface area contributed by atoms with Gasteiger partial charge in [0, 0.05) is 12.1 Å². The normalized spacial score (nSPS) is 13.0. The zero-order valence-corrected chi connectivity index (χ0v) is 13.2. The van der Waals surface area contributed by atoms with Gasteiger partial charge in [-0.25, -0.2) is 4.39 Å². The first-order valence-electron chi connectivity index (χ1n) is 7.80. The van der Waals surface area contributed by atoms with Crippen molar-refractivity contribution in [2.75, 3.05) is 0 Å². The van der Waals surface area contributed by atoms with E-state index in [1.54, 1.807) is 24.3 Å². The number of nitrogens with zero attached hydrogens (tertiary/aromatic N) is 2. The average Bonchev–Trinajstić information content (AvgIpc) is 2.53. The first-order valence-corrected chi connectivity index (χ1v) is 7.80. The van der Waals surface area contributed by atoms with E-state index < -0.39 is 0 Å². The van der Waals surface area contributed by atoms with Crippen LogP contribution in [0.25, 0.3) is 0 Å². The van der Waals surface area contributed by atoms with Crippen molar-refractivity contribution in [1.82, 2.24) is 4.73 Å². The van der Waals surface area contributed by atoms with Crippen LogP contribution in [0.3, 0.4) is 0 Å². The number of carbonyl (C=O) groups excluding carboxylic acids is 1. The highest BCUT2D eigenvalue weighted by molar-refractivity contribution is 5.79. The lowest BCUT2D eigenvalue weighted by molar-refractivity contribution is -0.122. The van der Waals surface area contributed by atoms with Gasteiger partial charge in [0.25, 0.3) is 5.91 Å².